The molecule has 0 spiro atoms. The average Bonchev–Trinajstić information content (AvgIpc) is 2.68. The Bertz CT molecular complexity index is 287. The summed E-state index contributed by atoms with van der Waals surface area (Å²) in [7, 11) is 0. The molecule has 0 aliphatic heterocycles. The first kappa shape index (κ1) is 14.0. The van der Waals surface area contributed by atoms with Crippen molar-refractivity contribution in [2.45, 2.75) is 83.2 Å². The molecule has 2 nitrogen and oxygen atoms in total. The lowest BCUT2D eigenvalue weighted by molar-refractivity contribution is -0.117. The molecule has 2 saturated carbocycles. The topological polar surface area (TPSA) is 37.3 Å². The molecular weight excluding hydrogens is 224 g/mol. The van der Waals surface area contributed by atoms with Gasteiger partial charge in [-0.25, -0.2) is 0 Å². The van der Waals surface area contributed by atoms with E-state index >= 15 is 0 Å². The number of unbranched alkanes of at least 4 members (excludes halogenated alkanes) is 4. The normalized spacial score (nSPS) is 35.8. The van der Waals surface area contributed by atoms with Gasteiger partial charge in [-0.2, -0.15) is 0 Å². The van der Waals surface area contributed by atoms with Gasteiger partial charge >= 0.3 is 0 Å². The largest absolute Gasteiger partial charge is 0.390 e. The molecular formula is C16H28O2. The van der Waals surface area contributed by atoms with Crippen molar-refractivity contribution < 1.29 is 9.90 Å². The molecule has 2 rings (SSSR count). The summed E-state index contributed by atoms with van der Waals surface area (Å²) in [5, 5.41) is 10.6. The molecule has 104 valence electrons. The number of aliphatic hydroxyl groups is 1. The minimum Gasteiger partial charge on any atom is -0.390 e. The van der Waals surface area contributed by atoms with Crippen LogP contribution in [0.25, 0.3) is 0 Å². The van der Waals surface area contributed by atoms with E-state index in [1.807, 2.05) is 0 Å². The summed E-state index contributed by atoms with van der Waals surface area (Å²) < 4.78 is 0. The van der Waals surface area contributed by atoms with Crippen LogP contribution in [0, 0.1) is 11.8 Å². The smallest absolute Gasteiger partial charge is 0.133 e. The third-order valence-electron chi connectivity index (χ3n) is 5.01. The minimum atomic E-state index is -0.446. The van der Waals surface area contributed by atoms with Crippen molar-refractivity contribution in [3.05, 3.63) is 0 Å². The first-order valence-electron chi connectivity index (χ1n) is 7.87. The number of Topliss-reactive ketones (excluding diaryl/α,β-unsaturated/α-hetero) is 1. The van der Waals surface area contributed by atoms with Gasteiger partial charge in [-0.1, -0.05) is 39.0 Å². The number of fused-ring (bicyclic) bond motifs is 1. The highest BCUT2D eigenvalue weighted by Crippen LogP contribution is 2.46. The van der Waals surface area contributed by atoms with Crippen LogP contribution in [0.3, 0.4) is 0 Å². The molecule has 2 aliphatic rings. The lowest BCUT2D eigenvalue weighted by Crippen LogP contribution is -2.37. The van der Waals surface area contributed by atoms with E-state index in [4.69, 9.17) is 0 Å². The van der Waals surface area contributed by atoms with Gasteiger partial charge in [0.25, 0.3) is 0 Å². The molecule has 2 fully saturated rings. The molecule has 1 N–H and O–H groups in total. The van der Waals surface area contributed by atoms with Crippen molar-refractivity contribution in [3.8, 4) is 0 Å². The Kier molecular flexibility index (Phi) is 4.83. The molecule has 0 bridgehead atoms. The minimum absolute atomic E-state index is 0.428. The van der Waals surface area contributed by atoms with Crippen molar-refractivity contribution in [3.63, 3.8) is 0 Å². The van der Waals surface area contributed by atoms with Crippen molar-refractivity contribution in [1.82, 2.24) is 0 Å². The van der Waals surface area contributed by atoms with Crippen molar-refractivity contribution in [1.29, 1.82) is 0 Å². The maximum Gasteiger partial charge on any atom is 0.133 e. The summed E-state index contributed by atoms with van der Waals surface area (Å²) in [6, 6.07) is 0. The molecule has 3 unspecified atom stereocenters. The highest BCUT2D eigenvalue weighted by molar-refractivity contribution is 5.81. The van der Waals surface area contributed by atoms with E-state index in [2.05, 4.69) is 6.92 Å². The molecule has 0 aromatic rings. The summed E-state index contributed by atoms with van der Waals surface area (Å²) in [4.78, 5) is 11.5. The summed E-state index contributed by atoms with van der Waals surface area (Å²) in [5.41, 5.74) is -0.446. The third kappa shape index (κ3) is 3.57. The number of hydrogen-bond donors (Lipinski definition) is 1. The monoisotopic (exact) mass is 252 g/mol. The molecule has 3 atom stereocenters. The highest BCUT2D eigenvalue weighted by Gasteiger charge is 2.43. The van der Waals surface area contributed by atoms with Crippen LogP contribution in [0.1, 0.15) is 77.6 Å². The van der Waals surface area contributed by atoms with Gasteiger partial charge in [0.2, 0.25) is 0 Å². The van der Waals surface area contributed by atoms with Crippen LogP contribution in [0.15, 0.2) is 0 Å². The van der Waals surface area contributed by atoms with Gasteiger partial charge < -0.3 is 5.11 Å². The first-order chi connectivity index (χ1) is 8.63. The SMILES string of the molecule is CCCCCCCC1(O)CCC2CC(=O)CC2C1. The predicted octanol–water partition coefficient (Wildman–Crippen LogP) is 3.86. The second-order valence-electron chi connectivity index (χ2n) is 6.60. The Morgan fingerprint density at radius 2 is 1.89 bits per heavy atom. The van der Waals surface area contributed by atoms with Crippen LogP contribution in [-0.2, 0) is 4.79 Å². The molecule has 2 heteroatoms. The Labute approximate surface area is 111 Å². The van der Waals surface area contributed by atoms with Crippen LogP contribution in [0.2, 0.25) is 0 Å². The maximum absolute atomic E-state index is 11.5. The molecule has 0 aromatic heterocycles. The van der Waals surface area contributed by atoms with Crippen LogP contribution >= 0.6 is 0 Å². The van der Waals surface area contributed by atoms with Crippen molar-refractivity contribution in [2.75, 3.05) is 0 Å². The van der Waals surface area contributed by atoms with Gasteiger partial charge in [0.15, 0.2) is 0 Å². The quantitative estimate of drug-likeness (QED) is 0.729. The van der Waals surface area contributed by atoms with Crippen LogP contribution in [0.5, 0.6) is 0 Å². The number of ketones is 1. The second kappa shape index (κ2) is 6.18. The number of hydrogen-bond acceptors (Lipinski definition) is 2. The van der Waals surface area contributed by atoms with Crippen LogP contribution in [0.4, 0.5) is 0 Å². The van der Waals surface area contributed by atoms with Crippen molar-refractivity contribution in [2.24, 2.45) is 11.8 Å². The zero-order valence-electron chi connectivity index (χ0n) is 11.8. The standard InChI is InChI=1S/C16H28O2/c1-2-3-4-5-6-8-16(18)9-7-13-10-15(17)11-14(13)12-16/h13-14,18H,2-12H2,1H3. The summed E-state index contributed by atoms with van der Waals surface area (Å²) in [5.74, 6) is 1.52. The summed E-state index contributed by atoms with van der Waals surface area (Å²) in [6.07, 6.45) is 11.7. The van der Waals surface area contributed by atoms with E-state index in [9.17, 15) is 9.90 Å². The van der Waals surface area contributed by atoms with Crippen LogP contribution < -0.4 is 0 Å². The molecule has 0 heterocycles. The number of carbonyl (C=O) groups excluding carboxylic acids is 1. The molecule has 0 aromatic carbocycles. The van der Waals surface area contributed by atoms with E-state index in [0.717, 1.165) is 44.9 Å². The van der Waals surface area contributed by atoms with Gasteiger partial charge in [-0.05, 0) is 37.5 Å². The Morgan fingerprint density at radius 3 is 2.67 bits per heavy atom. The van der Waals surface area contributed by atoms with E-state index in [-0.39, 0.29) is 0 Å². The maximum atomic E-state index is 11.5. The zero-order valence-corrected chi connectivity index (χ0v) is 11.8. The van der Waals surface area contributed by atoms with Gasteiger partial charge in [0.1, 0.15) is 5.78 Å². The fraction of sp³-hybridized carbons (Fsp3) is 0.938. The number of carbonyl (C=O) groups is 1. The van der Waals surface area contributed by atoms with E-state index in [1.165, 1.54) is 25.7 Å². The molecule has 2 aliphatic carbocycles. The Morgan fingerprint density at radius 1 is 1.17 bits per heavy atom. The summed E-state index contributed by atoms with van der Waals surface area (Å²) >= 11 is 0. The van der Waals surface area contributed by atoms with Crippen molar-refractivity contribution >= 4 is 5.78 Å². The Hall–Kier alpha value is -0.370. The molecule has 0 radical (unpaired) electrons. The molecule has 0 saturated heterocycles. The Balaban J connectivity index is 1.73. The van der Waals surface area contributed by atoms with Gasteiger partial charge in [0, 0.05) is 12.8 Å². The van der Waals surface area contributed by atoms with Crippen LogP contribution in [-0.4, -0.2) is 16.5 Å². The van der Waals surface area contributed by atoms with Gasteiger partial charge in [-0.3, -0.25) is 4.79 Å². The fourth-order valence-electron chi connectivity index (χ4n) is 3.91. The predicted molar refractivity (Wildman–Crippen MR) is 73.4 cm³/mol. The van der Waals surface area contributed by atoms with E-state index in [1.54, 1.807) is 0 Å². The van der Waals surface area contributed by atoms with Gasteiger partial charge in [0.05, 0.1) is 5.60 Å². The number of rotatable bonds is 6. The third-order valence-corrected chi connectivity index (χ3v) is 5.01. The lowest BCUT2D eigenvalue weighted by atomic mass is 9.71. The highest BCUT2D eigenvalue weighted by atomic mass is 16.3. The first-order valence-corrected chi connectivity index (χ1v) is 7.87. The fourth-order valence-corrected chi connectivity index (χ4v) is 3.91. The van der Waals surface area contributed by atoms with E-state index < -0.39 is 5.60 Å². The molecule has 18 heavy (non-hydrogen) atoms. The second-order valence-corrected chi connectivity index (χ2v) is 6.60. The average molecular weight is 252 g/mol. The zero-order chi connectivity index (χ0) is 13.0. The molecule has 0 amide bonds. The summed E-state index contributed by atoms with van der Waals surface area (Å²) in [6.45, 7) is 2.23. The van der Waals surface area contributed by atoms with E-state index in [0.29, 0.717) is 17.6 Å². The van der Waals surface area contributed by atoms with Gasteiger partial charge in [-0.15, -0.1) is 0 Å². The lowest BCUT2D eigenvalue weighted by Gasteiger charge is -2.38.